The van der Waals surface area contributed by atoms with Crippen molar-refractivity contribution in [1.29, 1.82) is 0 Å². The Morgan fingerprint density at radius 2 is 2.24 bits per heavy atom. The molecule has 9 nitrogen and oxygen atoms in total. The standard InChI is InChI=1S/C12H19N5O4/c1-4-8-6-15-17(3)9(8)5-10(13-2)16-21-12(20)14-7-11(18)19/h6H,4-5,7H2,1-3H3,(H,13,16)(H,14,20)(H,18,19). The summed E-state index contributed by atoms with van der Waals surface area (Å²) in [6.07, 6.45) is 2.14. The van der Waals surface area contributed by atoms with Gasteiger partial charge < -0.3 is 15.3 Å². The van der Waals surface area contributed by atoms with Crippen LogP contribution in [0.15, 0.2) is 11.2 Å². The highest BCUT2D eigenvalue weighted by Gasteiger charge is 2.12. The van der Waals surface area contributed by atoms with Crippen molar-refractivity contribution in [2.75, 3.05) is 13.6 Å². The van der Waals surface area contributed by atoms with Crippen LogP contribution in [0.1, 0.15) is 18.2 Å². The first-order valence-electron chi connectivity index (χ1n) is 6.35. The molecule has 0 unspecified atom stereocenters. The van der Waals surface area contributed by atoms with Crippen LogP contribution in [-0.2, 0) is 29.5 Å². The number of amides is 1. The lowest BCUT2D eigenvalue weighted by atomic mass is 10.1. The smallest absolute Gasteiger partial charge is 0.431 e. The maximum atomic E-state index is 11.2. The summed E-state index contributed by atoms with van der Waals surface area (Å²) in [5.74, 6) is -0.724. The molecule has 3 N–H and O–H groups in total. The van der Waals surface area contributed by atoms with Gasteiger partial charge in [0.05, 0.1) is 12.6 Å². The van der Waals surface area contributed by atoms with Crippen LogP contribution < -0.4 is 10.8 Å². The number of hydroxylamine groups is 1. The number of hydrogen-bond donors (Lipinski definition) is 3. The molecule has 9 heteroatoms. The Kier molecular flexibility index (Phi) is 6.18. The Bertz CT molecular complexity index is 538. The first-order chi connectivity index (χ1) is 9.97. The van der Waals surface area contributed by atoms with E-state index in [9.17, 15) is 9.59 Å². The molecular weight excluding hydrogens is 278 g/mol. The van der Waals surface area contributed by atoms with Crippen molar-refractivity contribution < 1.29 is 19.5 Å². The second-order valence-electron chi connectivity index (χ2n) is 4.18. The molecule has 0 saturated carbocycles. The largest absolute Gasteiger partial charge is 0.480 e. The van der Waals surface area contributed by atoms with Gasteiger partial charge in [0.2, 0.25) is 0 Å². The van der Waals surface area contributed by atoms with Gasteiger partial charge in [0, 0.05) is 19.8 Å². The molecule has 0 atom stereocenters. The maximum Gasteiger partial charge on any atom is 0.431 e. The highest BCUT2D eigenvalue weighted by Crippen LogP contribution is 2.09. The molecule has 0 aromatic carbocycles. The van der Waals surface area contributed by atoms with E-state index in [0.29, 0.717) is 12.3 Å². The average molecular weight is 297 g/mol. The van der Waals surface area contributed by atoms with E-state index < -0.39 is 18.6 Å². The zero-order valence-electron chi connectivity index (χ0n) is 12.2. The van der Waals surface area contributed by atoms with E-state index in [1.807, 2.05) is 14.0 Å². The molecule has 0 fully saturated rings. The number of carbonyl (C=O) groups excluding carboxylic acids is 1. The molecule has 0 aliphatic rings. The number of nitrogens with zero attached hydrogens (tertiary/aromatic N) is 3. The zero-order chi connectivity index (χ0) is 15.8. The van der Waals surface area contributed by atoms with Crippen LogP contribution in [0.25, 0.3) is 0 Å². The molecular formula is C12H19N5O4. The van der Waals surface area contributed by atoms with Crippen LogP contribution in [0.2, 0.25) is 0 Å². The maximum absolute atomic E-state index is 11.2. The monoisotopic (exact) mass is 297 g/mol. The normalized spacial score (nSPS) is 11.1. The molecule has 1 amide bonds. The Hall–Kier alpha value is -2.58. The lowest BCUT2D eigenvalue weighted by Crippen LogP contribution is -2.37. The van der Waals surface area contributed by atoms with Gasteiger partial charge in [-0.1, -0.05) is 6.92 Å². The van der Waals surface area contributed by atoms with Gasteiger partial charge in [-0.15, -0.1) is 0 Å². The quantitative estimate of drug-likeness (QED) is 0.396. The van der Waals surface area contributed by atoms with Crippen molar-refractivity contribution in [3.63, 3.8) is 0 Å². The Morgan fingerprint density at radius 1 is 1.52 bits per heavy atom. The summed E-state index contributed by atoms with van der Waals surface area (Å²) in [5, 5.41) is 14.6. The summed E-state index contributed by atoms with van der Waals surface area (Å²) < 4.78 is 1.73. The first kappa shape index (κ1) is 16.5. The van der Waals surface area contributed by atoms with Crippen molar-refractivity contribution in [3.05, 3.63) is 17.5 Å². The molecule has 1 heterocycles. The molecule has 1 aromatic rings. The van der Waals surface area contributed by atoms with Gasteiger partial charge in [-0.3, -0.25) is 14.5 Å². The zero-order valence-corrected chi connectivity index (χ0v) is 12.2. The number of carbonyl (C=O) groups is 2. The fraction of sp³-hybridized carbons (Fsp3) is 0.500. The molecule has 0 saturated heterocycles. The Morgan fingerprint density at radius 3 is 2.81 bits per heavy atom. The molecule has 116 valence electrons. The summed E-state index contributed by atoms with van der Waals surface area (Å²) in [5.41, 5.74) is 4.45. The molecule has 0 radical (unpaired) electrons. The number of carboxylic acids is 1. The Balaban J connectivity index is 2.55. The van der Waals surface area contributed by atoms with Crippen molar-refractivity contribution >= 4 is 17.9 Å². The van der Waals surface area contributed by atoms with Crippen LogP contribution in [-0.4, -0.2) is 46.4 Å². The lowest BCUT2D eigenvalue weighted by molar-refractivity contribution is -0.135. The Labute approximate surface area is 122 Å². The van der Waals surface area contributed by atoms with Gasteiger partial charge in [0.15, 0.2) is 0 Å². The van der Waals surface area contributed by atoms with Gasteiger partial charge in [0.1, 0.15) is 12.4 Å². The van der Waals surface area contributed by atoms with E-state index in [1.54, 1.807) is 17.9 Å². The molecule has 0 aliphatic heterocycles. The number of aliphatic imine (C=N–C) groups is 1. The third-order valence-electron chi connectivity index (χ3n) is 2.78. The van der Waals surface area contributed by atoms with Crippen molar-refractivity contribution in [3.8, 4) is 0 Å². The van der Waals surface area contributed by atoms with E-state index in [1.165, 1.54) is 0 Å². The summed E-state index contributed by atoms with van der Waals surface area (Å²) >= 11 is 0. The number of aliphatic carboxylic acids is 1. The summed E-state index contributed by atoms with van der Waals surface area (Å²) in [6.45, 7) is 1.51. The van der Waals surface area contributed by atoms with Gasteiger partial charge >= 0.3 is 12.1 Å². The van der Waals surface area contributed by atoms with Crippen LogP contribution >= 0.6 is 0 Å². The van der Waals surface area contributed by atoms with Crippen LogP contribution in [0, 0.1) is 0 Å². The van der Waals surface area contributed by atoms with Crippen molar-refractivity contribution in [1.82, 2.24) is 20.6 Å². The number of nitrogens with one attached hydrogen (secondary N) is 2. The second-order valence-corrected chi connectivity index (χ2v) is 4.18. The number of aromatic nitrogens is 2. The van der Waals surface area contributed by atoms with Crippen molar-refractivity contribution in [2.45, 2.75) is 19.8 Å². The van der Waals surface area contributed by atoms with E-state index in [2.05, 4.69) is 25.7 Å². The number of amidine groups is 1. The number of aryl methyl sites for hydroxylation is 2. The topological polar surface area (TPSA) is 118 Å². The SMILES string of the molecule is CCc1cnn(C)c1CC(=NC)NOC(=O)NCC(=O)O. The van der Waals surface area contributed by atoms with Gasteiger partial charge in [-0.05, 0) is 12.0 Å². The molecule has 0 aliphatic carbocycles. The number of rotatable bonds is 5. The van der Waals surface area contributed by atoms with Gasteiger partial charge in [-0.25, -0.2) is 10.3 Å². The molecule has 1 aromatic heterocycles. The summed E-state index contributed by atoms with van der Waals surface area (Å²) in [4.78, 5) is 30.2. The average Bonchev–Trinajstić information content (AvgIpc) is 2.81. The van der Waals surface area contributed by atoms with Crippen LogP contribution in [0.4, 0.5) is 4.79 Å². The minimum Gasteiger partial charge on any atom is -0.480 e. The van der Waals surface area contributed by atoms with Crippen LogP contribution in [0.5, 0.6) is 0 Å². The van der Waals surface area contributed by atoms with E-state index >= 15 is 0 Å². The van der Waals surface area contributed by atoms with Crippen LogP contribution in [0.3, 0.4) is 0 Å². The van der Waals surface area contributed by atoms with E-state index in [-0.39, 0.29) is 0 Å². The van der Waals surface area contributed by atoms with Crippen molar-refractivity contribution in [2.24, 2.45) is 12.0 Å². The predicted molar refractivity (Wildman–Crippen MR) is 74.9 cm³/mol. The highest BCUT2D eigenvalue weighted by atomic mass is 16.7. The first-order valence-corrected chi connectivity index (χ1v) is 6.35. The minimum absolute atomic E-state index is 0.419. The summed E-state index contributed by atoms with van der Waals surface area (Å²) in [6, 6.07) is 0. The van der Waals surface area contributed by atoms with Gasteiger partial charge in [0.25, 0.3) is 0 Å². The minimum atomic E-state index is -1.15. The van der Waals surface area contributed by atoms with Gasteiger partial charge in [-0.2, -0.15) is 5.10 Å². The van der Waals surface area contributed by atoms with E-state index in [0.717, 1.165) is 17.7 Å². The lowest BCUT2D eigenvalue weighted by Gasteiger charge is -2.10. The molecule has 0 bridgehead atoms. The third-order valence-corrected chi connectivity index (χ3v) is 2.78. The third kappa shape index (κ3) is 5.13. The summed E-state index contributed by atoms with van der Waals surface area (Å²) in [7, 11) is 3.38. The number of hydrogen-bond acceptors (Lipinski definition) is 5. The molecule has 0 spiro atoms. The fourth-order valence-electron chi connectivity index (χ4n) is 1.64. The predicted octanol–water partition coefficient (Wildman–Crippen LogP) is -0.131. The fourth-order valence-corrected chi connectivity index (χ4v) is 1.64. The highest BCUT2D eigenvalue weighted by molar-refractivity contribution is 5.85. The molecule has 1 rings (SSSR count). The molecule has 21 heavy (non-hydrogen) atoms. The van der Waals surface area contributed by atoms with E-state index in [4.69, 9.17) is 5.11 Å². The number of carboxylic acid groups (broad SMARTS) is 1. The second kappa shape index (κ2) is 7.88.